The topological polar surface area (TPSA) is 149 Å². The van der Waals surface area contributed by atoms with Crippen LogP contribution in [-0.4, -0.2) is 68.3 Å². The van der Waals surface area contributed by atoms with Gasteiger partial charge in [0.05, 0.1) is 35.2 Å². The van der Waals surface area contributed by atoms with E-state index in [1.807, 2.05) is 30.3 Å². The van der Waals surface area contributed by atoms with Crippen molar-refractivity contribution in [1.82, 2.24) is 14.5 Å². The lowest BCUT2D eigenvalue weighted by molar-refractivity contribution is -0.127. The van der Waals surface area contributed by atoms with Gasteiger partial charge >= 0.3 is 12.0 Å². The maximum atomic E-state index is 13.9. The molecule has 3 amide bonds. The van der Waals surface area contributed by atoms with Crippen molar-refractivity contribution < 1.29 is 27.5 Å². The van der Waals surface area contributed by atoms with Gasteiger partial charge in [-0.1, -0.05) is 24.3 Å². The minimum Gasteiger partial charge on any atom is -0.465 e. The number of benzene rings is 3. The Balaban J connectivity index is 1.39. The summed E-state index contributed by atoms with van der Waals surface area (Å²) in [5.74, 6) is -1.01. The van der Waals surface area contributed by atoms with Gasteiger partial charge in [-0.05, 0) is 78.9 Å². The number of carbonyl (C=O) groups is 3. The molecule has 2 unspecified atom stereocenters. The van der Waals surface area contributed by atoms with Crippen molar-refractivity contribution in [3.63, 3.8) is 0 Å². The predicted octanol–water partition coefficient (Wildman–Crippen LogP) is 3.45. The molecule has 2 N–H and O–H groups in total. The molecule has 0 aromatic heterocycles. The Morgan fingerprint density at radius 3 is 2.40 bits per heavy atom. The molecule has 222 valence electrons. The van der Waals surface area contributed by atoms with Crippen LogP contribution >= 0.6 is 0 Å². The number of esters is 1. The van der Waals surface area contributed by atoms with Crippen LogP contribution in [0.25, 0.3) is 0 Å². The van der Waals surface area contributed by atoms with Gasteiger partial charge in [-0.3, -0.25) is 4.79 Å². The van der Waals surface area contributed by atoms with Crippen LogP contribution in [0.5, 0.6) is 0 Å². The summed E-state index contributed by atoms with van der Waals surface area (Å²) in [7, 11) is -2.87. The number of nitrogens with one attached hydrogen (secondary N) is 2. The van der Waals surface area contributed by atoms with Crippen LogP contribution < -0.4 is 10.6 Å². The second kappa shape index (κ2) is 12.6. The highest BCUT2D eigenvalue weighted by molar-refractivity contribution is 7.89. The lowest BCUT2D eigenvalue weighted by atomic mass is 9.87. The van der Waals surface area contributed by atoms with Crippen molar-refractivity contribution in [3.05, 3.63) is 95.1 Å². The molecule has 0 bridgehead atoms. The summed E-state index contributed by atoms with van der Waals surface area (Å²) in [6.07, 6.45) is 2.49. The van der Waals surface area contributed by atoms with E-state index >= 15 is 0 Å². The number of hydrogen-bond donors (Lipinski definition) is 2. The van der Waals surface area contributed by atoms with Gasteiger partial charge in [0.1, 0.15) is 6.04 Å². The van der Waals surface area contributed by atoms with E-state index in [-0.39, 0.29) is 30.6 Å². The zero-order valence-corrected chi connectivity index (χ0v) is 24.3. The van der Waals surface area contributed by atoms with Gasteiger partial charge < -0.3 is 20.3 Å². The van der Waals surface area contributed by atoms with Gasteiger partial charge in [0.25, 0.3) is 0 Å². The molecular weight excluding hydrogens is 570 g/mol. The fraction of sp³-hybridized carbons (Fsp3) is 0.290. The average molecular weight is 602 g/mol. The molecule has 3 aromatic carbocycles. The van der Waals surface area contributed by atoms with Crippen molar-refractivity contribution in [3.8, 4) is 6.07 Å². The van der Waals surface area contributed by atoms with Gasteiger partial charge in [-0.2, -0.15) is 9.57 Å². The number of piperazine rings is 1. The molecule has 2 atom stereocenters. The third kappa shape index (κ3) is 6.38. The van der Waals surface area contributed by atoms with E-state index in [0.29, 0.717) is 23.2 Å². The van der Waals surface area contributed by atoms with Crippen LogP contribution in [0.2, 0.25) is 0 Å². The quantitative estimate of drug-likeness (QED) is 0.411. The number of sulfonamides is 1. The Morgan fingerprint density at radius 2 is 1.70 bits per heavy atom. The van der Waals surface area contributed by atoms with Gasteiger partial charge in [-0.15, -0.1) is 0 Å². The molecule has 1 aliphatic carbocycles. The molecule has 1 saturated heterocycles. The molecule has 12 heteroatoms. The number of hydrogen-bond acceptors (Lipinski definition) is 7. The van der Waals surface area contributed by atoms with Crippen molar-refractivity contribution in [2.24, 2.45) is 0 Å². The molecule has 1 heterocycles. The third-order valence-corrected chi connectivity index (χ3v) is 9.68. The first-order chi connectivity index (χ1) is 20.7. The molecule has 3 aromatic rings. The smallest absolute Gasteiger partial charge is 0.337 e. The maximum absolute atomic E-state index is 13.9. The summed E-state index contributed by atoms with van der Waals surface area (Å²) in [4.78, 5) is 40.2. The first-order valence-electron chi connectivity index (χ1n) is 13.9. The number of amides is 3. The summed E-state index contributed by atoms with van der Waals surface area (Å²) in [6, 6.07) is 19.5. The lowest BCUT2D eigenvalue weighted by Gasteiger charge is -2.40. The summed E-state index contributed by atoms with van der Waals surface area (Å²) < 4.78 is 33.4. The standard InChI is InChI=1S/C31H31N5O6S/c1-42-30(38)23-11-13-24(14-12-23)33-31(39)35-17-18-36(43(40,41)25-15-9-21(19-32)10-16-25)28(20-35)29(37)34-27-8-4-6-22-5-2-3-7-26(22)27/h2-3,5,7,9-16,27-28H,4,6,8,17-18,20H2,1H3,(H,33,39)(H,34,37). The van der Waals surface area contributed by atoms with Gasteiger partial charge in [0.2, 0.25) is 15.9 Å². The van der Waals surface area contributed by atoms with E-state index in [4.69, 9.17) is 10.00 Å². The molecule has 2 aliphatic rings. The normalized spacial score (nSPS) is 18.6. The lowest BCUT2D eigenvalue weighted by Crippen LogP contribution is -2.62. The van der Waals surface area contributed by atoms with Crippen molar-refractivity contribution >= 4 is 33.6 Å². The largest absolute Gasteiger partial charge is 0.465 e. The zero-order chi connectivity index (χ0) is 30.6. The van der Waals surface area contributed by atoms with E-state index in [1.165, 1.54) is 48.4 Å². The van der Waals surface area contributed by atoms with Crippen molar-refractivity contribution in [1.29, 1.82) is 5.26 Å². The first-order valence-corrected chi connectivity index (χ1v) is 15.3. The fourth-order valence-corrected chi connectivity index (χ4v) is 7.04. The van der Waals surface area contributed by atoms with Crippen molar-refractivity contribution in [2.45, 2.75) is 36.2 Å². The number of methoxy groups -OCH3 is 1. The minimum absolute atomic E-state index is 0.0393. The number of anilines is 1. The van der Waals surface area contributed by atoms with Gasteiger partial charge in [-0.25, -0.2) is 18.0 Å². The summed E-state index contributed by atoms with van der Waals surface area (Å²) in [5, 5.41) is 14.9. The van der Waals surface area contributed by atoms with Crippen molar-refractivity contribution in [2.75, 3.05) is 32.1 Å². The predicted molar refractivity (Wildman–Crippen MR) is 157 cm³/mol. The number of nitriles is 1. The number of nitrogens with zero attached hydrogens (tertiary/aromatic N) is 3. The Hall–Kier alpha value is -4.73. The highest BCUT2D eigenvalue weighted by Crippen LogP contribution is 2.30. The molecule has 5 rings (SSSR count). The van der Waals surface area contributed by atoms with Crippen LogP contribution in [0.3, 0.4) is 0 Å². The second-order valence-electron chi connectivity index (χ2n) is 10.4. The van der Waals surface area contributed by atoms with Crippen LogP contribution in [-0.2, 0) is 26.0 Å². The van der Waals surface area contributed by atoms with Crippen LogP contribution in [0.15, 0.2) is 77.7 Å². The maximum Gasteiger partial charge on any atom is 0.337 e. The zero-order valence-electron chi connectivity index (χ0n) is 23.5. The van der Waals surface area contributed by atoms with Gasteiger partial charge in [0.15, 0.2) is 0 Å². The molecule has 43 heavy (non-hydrogen) atoms. The number of carbonyl (C=O) groups excluding carboxylic acids is 3. The SMILES string of the molecule is COC(=O)c1ccc(NC(=O)N2CCN(S(=O)(=O)c3ccc(C#N)cc3)C(C(=O)NC3CCCc4ccccc43)C2)cc1. The number of aryl methyl sites for hydroxylation is 1. The molecule has 11 nitrogen and oxygen atoms in total. The number of ether oxygens (including phenoxy) is 1. The van der Waals surface area contributed by atoms with Crippen LogP contribution in [0.1, 0.15) is 45.9 Å². The highest BCUT2D eigenvalue weighted by atomic mass is 32.2. The number of urea groups is 1. The van der Waals surface area contributed by atoms with Crippen LogP contribution in [0, 0.1) is 11.3 Å². The highest BCUT2D eigenvalue weighted by Gasteiger charge is 2.42. The average Bonchev–Trinajstić information content (AvgIpc) is 3.04. The number of fused-ring (bicyclic) bond motifs is 1. The van der Waals surface area contributed by atoms with Crippen LogP contribution in [0.4, 0.5) is 10.5 Å². The van der Waals surface area contributed by atoms with E-state index in [1.54, 1.807) is 12.1 Å². The molecule has 1 aliphatic heterocycles. The van der Waals surface area contributed by atoms with E-state index in [9.17, 15) is 22.8 Å². The third-order valence-electron chi connectivity index (χ3n) is 7.75. The molecule has 0 spiro atoms. The van der Waals surface area contributed by atoms with Gasteiger partial charge in [0, 0.05) is 25.3 Å². The Morgan fingerprint density at radius 1 is 0.977 bits per heavy atom. The van der Waals surface area contributed by atoms with E-state index in [2.05, 4.69) is 10.6 Å². The summed E-state index contributed by atoms with van der Waals surface area (Å²) in [6.45, 7) is -0.254. The Labute approximate surface area is 250 Å². The molecule has 0 radical (unpaired) electrons. The molecule has 1 fully saturated rings. The first kappa shape index (κ1) is 29.8. The van der Waals surface area contributed by atoms with E-state index in [0.717, 1.165) is 28.3 Å². The monoisotopic (exact) mass is 601 g/mol. The molecular formula is C31H31N5O6S. The number of rotatable bonds is 6. The minimum atomic E-state index is -4.15. The second-order valence-corrected chi connectivity index (χ2v) is 12.3. The molecule has 0 saturated carbocycles. The summed E-state index contributed by atoms with van der Waals surface area (Å²) in [5.41, 5.74) is 3.20. The Bertz CT molecular complexity index is 1670. The summed E-state index contributed by atoms with van der Waals surface area (Å²) >= 11 is 0. The van der Waals surface area contributed by atoms with E-state index < -0.39 is 34.0 Å². The fourth-order valence-electron chi connectivity index (χ4n) is 5.47. The Kier molecular flexibility index (Phi) is 8.75.